The van der Waals surface area contributed by atoms with Crippen LogP contribution < -0.4 is 4.74 Å². The highest BCUT2D eigenvalue weighted by Crippen LogP contribution is 2.45. The van der Waals surface area contributed by atoms with Gasteiger partial charge in [-0.15, -0.1) is 4.33 Å². The molecule has 0 spiro atoms. The van der Waals surface area contributed by atoms with E-state index in [-0.39, 0.29) is 0 Å². The van der Waals surface area contributed by atoms with Crippen LogP contribution in [0.1, 0.15) is 24.5 Å². The van der Waals surface area contributed by atoms with E-state index in [0.29, 0.717) is 6.61 Å². The molecule has 0 radical (unpaired) electrons. The van der Waals surface area contributed by atoms with Crippen molar-refractivity contribution in [2.45, 2.75) is 31.1 Å². The molecule has 0 unspecified atom stereocenters. The van der Waals surface area contributed by atoms with Crippen molar-refractivity contribution in [3.8, 4) is 16.2 Å². The van der Waals surface area contributed by atoms with E-state index in [2.05, 4.69) is 22.4 Å². The summed E-state index contributed by atoms with van der Waals surface area (Å²) in [6.07, 6.45) is 2.87. The largest absolute Gasteiger partial charge is 0.492 e. The van der Waals surface area contributed by atoms with Crippen LogP contribution in [0.25, 0.3) is 10.4 Å². The normalized spacial score (nSPS) is 12.8. The first-order valence-electron chi connectivity index (χ1n) is 6.81. The molecule has 22 heavy (non-hydrogen) atoms. The Morgan fingerprint density at radius 3 is 2.95 bits per heavy atom. The first kappa shape index (κ1) is 16.4. The van der Waals surface area contributed by atoms with Crippen molar-refractivity contribution in [1.82, 2.24) is 0 Å². The highest BCUT2D eigenvalue weighted by atomic mass is 32.9. The lowest BCUT2D eigenvalue weighted by Crippen LogP contribution is -2.04. The first-order chi connectivity index (χ1) is 10.7. The lowest BCUT2D eigenvalue weighted by molar-refractivity contribution is -0.432. The molecule has 0 fully saturated rings. The fraction of sp³-hybridized carbons (Fsp3) is 0.357. The van der Waals surface area contributed by atoms with Crippen LogP contribution >= 0.6 is 44.9 Å². The molecule has 1 aliphatic carbocycles. The van der Waals surface area contributed by atoms with Gasteiger partial charge in [0.2, 0.25) is 0 Å². The van der Waals surface area contributed by atoms with Gasteiger partial charge < -0.3 is 4.74 Å². The maximum atomic E-state index is 8.40. The average Bonchev–Trinajstić information content (AvgIpc) is 2.92. The quantitative estimate of drug-likeness (QED) is 0.236. The van der Waals surface area contributed by atoms with E-state index in [0.717, 1.165) is 45.8 Å². The molecule has 2 aromatic rings. The second-order valence-corrected chi connectivity index (χ2v) is 8.35. The van der Waals surface area contributed by atoms with E-state index in [4.69, 9.17) is 22.2 Å². The highest BCUT2D eigenvalue weighted by molar-refractivity contribution is 7.94. The van der Waals surface area contributed by atoms with Gasteiger partial charge in [0.15, 0.2) is 0 Å². The van der Waals surface area contributed by atoms with E-state index in [1.165, 1.54) is 21.6 Å². The molecule has 1 aromatic heterocycles. The Bertz CT molecular complexity index is 722. The molecule has 3 rings (SSSR count). The molecule has 0 amide bonds. The zero-order chi connectivity index (χ0) is 15.5. The molecule has 118 valence electrons. The van der Waals surface area contributed by atoms with Gasteiger partial charge in [0.25, 0.3) is 0 Å². The summed E-state index contributed by atoms with van der Waals surface area (Å²) >= 11 is 6.35. The molecule has 0 aliphatic heterocycles. The third-order valence-electron chi connectivity index (χ3n) is 3.40. The Hall–Kier alpha value is -0.480. The highest BCUT2D eigenvalue weighted by Gasteiger charge is 2.22. The lowest BCUT2D eigenvalue weighted by Gasteiger charge is -2.19. The molecular formula is C14H14O4S4. The second kappa shape index (κ2) is 7.39. The van der Waals surface area contributed by atoms with E-state index < -0.39 is 0 Å². The van der Waals surface area contributed by atoms with Gasteiger partial charge in [-0.3, -0.25) is 0 Å². The molecule has 1 aromatic carbocycles. The number of hydrogen-bond donors (Lipinski definition) is 1. The minimum Gasteiger partial charge on any atom is -0.492 e. The van der Waals surface area contributed by atoms with Crippen molar-refractivity contribution >= 4 is 44.9 Å². The first-order valence-corrected chi connectivity index (χ1v) is 10.1. The molecule has 1 heterocycles. The molecule has 4 nitrogen and oxygen atoms in total. The second-order valence-electron chi connectivity index (χ2n) is 4.79. The van der Waals surface area contributed by atoms with Crippen LogP contribution in [0.15, 0.2) is 17.0 Å². The van der Waals surface area contributed by atoms with E-state index >= 15 is 0 Å². The van der Waals surface area contributed by atoms with Crippen molar-refractivity contribution in [3.63, 3.8) is 0 Å². The predicted molar refractivity (Wildman–Crippen MR) is 92.3 cm³/mol. The third-order valence-corrected chi connectivity index (χ3v) is 7.20. The van der Waals surface area contributed by atoms with Gasteiger partial charge in [-0.25, -0.2) is 5.26 Å². The maximum absolute atomic E-state index is 8.40. The van der Waals surface area contributed by atoms with Crippen molar-refractivity contribution < 1.29 is 19.4 Å². The summed E-state index contributed by atoms with van der Waals surface area (Å²) in [4.78, 5) is 2.02. The fourth-order valence-electron chi connectivity index (χ4n) is 2.42. The number of fused-ring (bicyclic) bond motifs is 3. The Kier molecular flexibility index (Phi) is 5.50. The third kappa shape index (κ3) is 3.23. The number of hydrogen-bond acceptors (Lipinski definition) is 8. The SMILES string of the molecule is CCCOc1cc2c(cc1SOOO)-c1ssc(=S)c1CC2. The fourth-order valence-corrected chi connectivity index (χ4v) is 5.92. The van der Waals surface area contributed by atoms with Gasteiger partial charge in [-0.05, 0) is 42.5 Å². The standard InChI is InChI=1S/C14H14O4S4/c1-2-5-16-11-6-8-3-4-9-13(21-22-14(9)19)10(8)7-12(11)20-18-17-15/h6-7,15H,2-5H2,1H3. The van der Waals surface area contributed by atoms with Crippen LogP contribution in [-0.2, 0) is 22.2 Å². The summed E-state index contributed by atoms with van der Waals surface area (Å²) in [5.41, 5.74) is 3.71. The van der Waals surface area contributed by atoms with Gasteiger partial charge in [-0.2, -0.15) is 0 Å². The van der Waals surface area contributed by atoms with Crippen molar-refractivity contribution in [1.29, 1.82) is 0 Å². The summed E-state index contributed by atoms with van der Waals surface area (Å²) in [6.45, 7) is 2.69. The molecule has 1 aliphatic rings. The summed E-state index contributed by atoms with van der Waals surface area (Å²) < 4.78 is 11.4. The van der Waals surface area contributed by atoms with Crippen molar-refractivity contribution in [3.05, 3.63) is 27.1 Å². The molecule has 0 saturated heterocycles. The van der Waals surface area contributed by atoms with Crippen LogP contribution in [0.2, 0.25) is 0 Å². The van der Waals surface area contributed by atoms with Crippen LogP contribution in [0.5, 0.6) is 5.75 Å². The van der Waals surface area contributed by atoms with Gasteiger partial charge in [0.1, 0.15) is 9.57 Å². The number of ether oxygens (including phenoxy) is 1. The minimum absolute atomic E-state index is 0.634. The molecule has 8 heteroatoms. The molecule has 1 N–H and O–H groups in total. The zero-order valence-electron chi connectivity index (χ0n) is 11.8. The molecule has 0 saturated carbocycles. The average molecular weight is 375 g/mol. The number of rotatable bonds is 6. The molecular weight excluding hydrogens is 360 g/mol. The van der Waals surface area contributed by atoms with Crippen LogP contribution in [0.4, 0.5) is 0 Å². The summed E-state index contributed by atoms with van der Waals surface area (Å²) in [6, 6.07) is 4.09. The molecule has 0 bridgehead atoms. The lowest BCUT2D eigenvalue weighted by atomic mass is 9.92. The topological polar surface area (TPSA) is 47.9 Å². The Labute approximate surface area is 145 Å². The maximum Gasteiger partial charge on any atom is 0.135 e. The Balaban J connectivity index is 2.04. The Morgan fingerprint density at radius 1 is 1.32 bits per heavy atom. The predicted octanol–water partition coefficient (Wildman–Crippen LogP) is 5.52. The van der Waals surface area contributed by atoms with Gasteiger partial charge in [0.05, 0.1) is 28.4 Å². The summed E-state index contributed by atoms with van der Waals surface area (Å²) in [7, 11) is 3.36. The number of benzene rings is 1. The Morgan fingerprint density at radius 2 is 2.18 bits per heavy atom. The smallest absolute Gasteiger partial charge is 0.135 e. The van der Waals surface area contributed by atoms with Gasteiger partial charge in [0, 0.05) is 5.56 Å². The van der Waals surface area contributed by atoms with Crippen molar-refractivity contribution in [2.24, 2.45) is 0 Å². The van der Waals surface area contributed by atoms with Gasteiger partial charge >= 0.3 is 0 Å². The van der Waals surface area contributed by atoms with E-state index in [1.54, 1.807) is 20.7 Å². The van der Waals surface area contributed by atoms with E-state index in [9.17, 15) is 0 Å². The van der Waals surface area contributed by atoms with Crippen LogP contribution in [-0.4, -0.2) is 11.9 Å². The van der Waals surface area contributed by atoms with E-state index in [1.807, 2.05) is 6.07 Å². The number of aryl methyl sites for hydroxylation is 1. The summed E-state index contributed by atoms with van der Waals surface area (Å²) in [5, 5.41) is 12.1. The van der Waals surface area contributed by atoms with Crippen molar-refractivity contribution in [2.75, 3.05) is 6.61 Å². The van der Waals surface area contributed by atoms with Crippen LogP contribution in [0, 0.1) is 3.82 Å². The minimum atomic E-state index is 0.634. The van der Waals surface area contributed by atoms with Crippen LogP contribution in [0.3, 0.4) is 0 Å². The zero-order valence-corrected chi connectivity index (χ0v) is 15.1. The molecule has 0 atom stereocenters. The monoisotopic (exact) mass is 374 g/mol. The van der Waals surface area contributed by atoms with Gasteiger partial charge in [-0.1, -0.05) is 44.9 Å². The summed E-state index contributed by atoms with van der Waals surface area (Å²) in [5.74, 6) is 0.755.